The van der Waals surface area contributed by atoms with Crippen molar-refractivity contribution in [3.8, 4) is 0 Å². The topological polar surface area (TPSA) is 111 Å². The van der Waals surface area contributed by atoms with Gasteiger partial charge in [-0.25, -0.2) is 4.99 Å². The number of Topliss-reactive ketones (excluding diaryl/α,β-unsaturated/α-hetero) is 1. The first-order valence-corrected chi connectivity index (χ1v) is 12.6. The van der Waals surface area contributed by atoms with E-state index in [1.54, 1.807) is 0 Å². The van der Waals surface area contributed by atoms with Crippen LogP contribution in [-0.2, 0) is 25.5 Å². The van der Waals surface area contributed by atoms with E-state index in [1.165, 1.54) is 26.4 Å². The van der Waals surface area contributed by atoms with Crippen LogP contribution in [0.2, 0.25) is 0 Å². The number of methoxy groups -OCH3 is 1. The molecule has 0 saturated heterocycles. The predicted molar refractivity (Wildman–Crippen MR) is 134 cm³/mol. The van der Waals surface area contributed by atoms with Gasteiger partial charge in [0.2, 0.25) is 5.91 Å². The molecule has 0 bridgehead atoms. The number of aliphatic imine (C=N–C) groups is 1. The molecular weight excluding hydrogens is 430 g/mol. The van der Waals surface area contributed by atoms with Crippen LogP contribution in [0.15, 0.2) is 35.3 Å². The highest BCUT2D eigenvalue weighted by Gasteiger charge is 2.26. The van der Waals surface area contributed by atoms with E-state index in [0.717, 1.165) is 24.8 Å². The SMILES string of the molecule is COC(=O)[C@H](CC(=O)NC(N)=N[C@H](CC1CCCCC1)C(=O)CCC(C)C)Cc1ccccc1. The lowest BCUT2D eigenvalue weighted by molar-refractivity contribution is -0.147. The van der Waals surface area contributed by atoms with Gasteiger partial charge in [0.05, 0.1) is 13.0 Å². The number of hydrogen-bond donors (Lipinski definition) is 2. The molecule has 0 aliphatic heterocycles. The molecule has 0 heterocycles. The Bertz CT molecular complexity index is 816. The van der Waals surface area contributed by atoms with Gasteiger partial charge in [-0.15, -0.1) is 0 Å². The summed E-state index contributed by atoms with van der Waals surface area (Å²) in [4.78, 5) is 42.3. The number of hydrogen-bond acceptors (Lipinski definition) is 5. The average molecular weight is 472 g/mol. The number of nitrogens with two attached hydrogens (primary N) is 1. The van der Waals surface area contributed by atoms with E-state index in [1.807, 2.05) is 30.3 Å². The van der Waals surface area contributed by atoms with E-state index in [9.17, 15) is 14.4 Å². The normalized spacial score (nSPS) is 16.6. The Morgan fingerprint density at radius 3 is 2.41 bits per heavy atom. The highest BCUT2D eigenvalue weighted by atomic mass is 16.5. The number of amides is 1. The number of rotatable bonds is 12. The largest absolute Gasteiger partial charge is 0.469 e. The molecule has 1 aliphatic carbocycles. The van der Waals surface area contributed by atoms with Gasteiger partial charge < -0.3 is 10.5 Å². The Morgan fingerprint density at radius 1 is 1.12 bits per heavy atom. The zero-order valence-corrected chi connectivity index (χ0v) is 20.9. The molecule has 1 aromatic rings. The van der Waals surface area contributed by atoms with Crippen molar-refractivity contribution in [2.75, 3.05) is 7.11 Å². The number of carbonyl (C=O) groups excluding carboxylic acids is 3. The summed E-state index contributed by atoms with van der Waals surface area (Å²) in [7, 11) is 1.31. The number of guanidine groups is 1. The molecule has 1 amide bonds. The van der Waals surface area contributed by atoms with Crippen molar-refractivity contribution >= 4 is 23.6 Å². The lowest BCUT2D eigenvalue weighted by atomic mass is 9.83. The molecule has 7 heteroatoms. The molecule has 0 radical (unpaired) electrons. The first kappa shape index (κ1) is 27.5. The van der Waals surface area contributed by atoms with Crippen molar-refractivity contribution in [1.82, 2.24) is 5.32 Å². The van der Waals surface area contributed by atoms with E-state index >= 15 is 0 Å². The number of esters is 1. The lowest BCUT2D eigenvalue weighted by Crippen LogP contribution is -2.40. The van der Waals surface area contributed by atoms with E-state index in [4.69, 9.17) is 10.5 Å². The van der Waals surface area contributed by atoms with Gasteiger partial charge in [0.1, 0.15) is 6.04 Å². The second-order valence-electron chi connectivity index (χ2n) is 9.83. The smallest absolute Gasteiger partial charge is 0.309 e. The zero-order valence-electron chi connectivity index (χ0n) is 20.9. The molecule has 3 N–H and O–H groups in total. The third-order valence-electron chi connectivity index (χ3n) is 6.47. The number of carbonyl (C=O) groups is 3. The fourth-order valence-electron chi connectivity index (χ4n) is 4.51. The molecule has 7 nitrogen and oxygen atoms in total. The summed E-state index contributed by atoms with van der Waals surface area (Å²) in [6.45, 7) is 4.18. The van der Waals surface area contributed by atoms with Gasteiger partial charge in [0.25, 0.3) is 0 Å². The Morgan fingerprint density at radius 2 is 1.79 bits per heavy atom. The van der Waals surface area contributed by atoms with Gasteiger partial charge in [0.15, 0.2) is 11.7 Å². The molecule has 1 aromatic carbocycles. The number of benzene rings is 1. The molecule has 1 aliphatic rings. The number of nitrogens with zero attached hydrogens (tertiary/aromatic N) is 1. The van der Waals surface area contributed by atoms with Crippen molar-refractivity contribution in [1.29, 1.82) is 0 Å². The van der Waals surface area contributed by atoms with Gasteiger partial charge in [-0.05, 0) is 36.7 Å². The molecule has 34 heavy (non-hydrogen) atoms. The third kappa shape index (κ3) is 10.1. The van der Waals surface area contributed by atoms with Crippen molar-refractivity contribution in [3.05, 3.63) is 35.9 Å². The van der Waals surface area contributed by atoms with Gasteiger partial charge in [0, 0.05) is 12.8 Å². The summed E-state index contributed by atoms with van der Waals surface area (Å²) in [5.74, 6) is -0.595. The molecule has 0 unspecified atom stereocenters. The quantitative estimate of drug-likeness (QED) is 0.270. The van der Waals surface area contributed by atoms with Crippen molar-refractivity contribution < 1.29 is 19.1 Å². The monoisotopic (exact) mass is 471 g/mol. The minimum absolute atomic E-state index is 0.0629. The molecule has 2 rings (SSSR count). The van der Waals surface area contributed by atoms with Crippen LogP contribution in [0.25, 0.3) is 0 Å². The Hall–Kier alpha value is -2.70. The molecule has 1 fully saturated rings. The van der Waals surface area contributed by atoms with Crippen LogP contribution < -0.4 is 11.1 Å². The highest BCUT2D eigenvalue weighted by Crippen LogP contribution is 2.29. The van der Waals surface area contributed by atoms with Crippen LogP contribution in [-0.4, -0.2) is 36.8 Å². The standard InChI is InChI=1S/C27H41N3O4/c1-19(2)14-15-24(31)23(17-21-12-8-5-9-13-21)29-27(28)30-25(32)18-22(26(33)34-3)16-20-10-6-4-7-11-20/h4,6-7,10-11,19,21-23H,5,8-9,12-18H2,1-3H3,(H3,28,29,30,32)/t22-,23+/m0/s1. The van der Waals surface area contributed by atoms with Gasteiger partial charge in [-0.1, -0.05) is 76.3 Å². The summed E-state index contributed by atoms with van der Waals surface area (Å²) in [5.41, 5.74) is 7.00. The minimum Gasteiger partial charge on any atom is -0.469 e. The Balaban J connectivity index is 2.03. The van der Waals surface area contributed by atoms with Gasteiger partial charge >= 0.3 is 5.97 Å². The zero-order chi connectivity index (χ0) is 24.9. The molecule has 1 saturated carbocycles. The van der Waals surface area contributed by atoms with Crippen LogP contribution in [0.4, 0.5) is 0 Å². The Kier molecular flexibility index (Phi) is 11.8. The van der Waals surface area contributed by atoms with Crippen LogP contribution >= 0.6 is 0 Å². The van der Waals surface area contributed by atoms with Gasteiger partial charge in [-0.2, -0.15) is 0 Å². The van der Waals surface area contributed by atoms with Crippen molar-refractivity contribution in [2.24, 2.45) is 28.5 Å². The molecule has 2 atom stereocenters. The predicted octanol–water partition coefficient (Wildman–Crippen LogP) is 4.18. The van der Waals surface area contributed by atoms with Crippen LogP contribution in [0.1, 0.15) is 77.2 Å². The molecule has 0 aromatic heterocycles. The number of nitrogens with one attached hydrogen (secondary N) is 1. The van der Waals surface area contributed by atoms with E-state index in [2.05, 4.69) is 24.2 Å². The van der Waals surface area contributed by atoms with Crippen molar-refractivity contribution in [3.63, 3.8) is 0 Å². The summed E-state index contributed by atoms with van der Waals surface area (Å²) in [6, 6.07) is 8.94. The average Bonchev–Trinajstić information content (AvgIpc) is 2.82. The van der Waals surface area contributed by atoms with E-state index in [-0.39, 0.29) is 18.2 Å². The fourth-order valence-corrected chi connectivity index (χ4v) is 4.51. The third-order valence-corrected chi connectivity index (χ3v) is 6.47. The van der Waals surface area contributed by atoms with Crippen LogP contribution in [0.3, 0.4) is 0 Å². The van der Waals surface area contributed by atoms with E-state index in [0.29, 0.717) is 31.1 Å². The maximum Gasteiger partial charge on any atom is 0.309 e. The summed E-state index contributed by atoms with van der Waals surface area (Å²) >= 11 is 0. The second-order valence-corrected chi connectivity index (χ2v) is 9.83. The first-order valence-electron chi connectivity index (χ1n) is 12.6. The van der Waals surface area contributed by atoms with E-state index < -0.39 is 23.8 Å². The minimum atomic E-state index is -0.633. The first-order chi connectivity index (χ1) is 16.3. The molecule has 188 valence electrons. The van der Waals surface area contributed by atoms with Crippen LogP contribution in [0, 0.1) is 17.8 Å². The molecule has 0 spiro atoms. The van der Waals surface area contributed by atoms with Gasteiger partial charge in [-0.3, -0.25) is 19.7 Å². The van der Waals surface area contributed by atoms with Crippen molar-refractivity contribution in [2.45, 2.75) is 84.1 Å². The maximum atomic E-state index is 12.9. The number of ketones is 1. The fraction of sp³-hybridized carbons (Fsp3) is 0.630. The Labute approximate surface area is 203 Å². The summed E-state index contributed by atoms with van der Waals surface area (Å²) in [6.07, 6.45) is 8.08. The maximum absolute atomic E-state index is 12.9. The molecular formula is C27H41N3O4. The highest BCUT2D eigenvalue weighted by molar-refractivity contribution is 5.98. The lowest BCUT2D eigenvalue weighted by Gasteiger charge is -2.24. The second kappa shape index (κ2) is 14.5. The summed E-state index contributed by atoms with van der Waals surface area (Å²) < 4.78 is 4.89. The number of ether oxygens (including phenoxy) is 1. The van der Waals surface area contributed by atoms with Crippen LogP contribution in [0.5, 0.6) is 0 Å². The summed E-state index contributed by atoms with van der Waals surface area (Å²) in [5, 5.41) is 2.59.